The molecule has 0 fully saturated rings. The molecule has 29 heavy (non-hydrogen) atoms. The number of ether oxygens (including phenoxy) is 1. The minimum Gasteiger partial charge on any atom is -0.494 e. The Hall–Kier alpha value is -2.62. The molecule has 10 heteroatoms. The quantitative estimate of drug-likeness (QED) is 0.393. The summed E-state index contributed by atoms with van der Waals surface area (Å²) in [5.41, 5.74) is 1.53. The highest BCUT2D eigenvalue weighted by atomic mass is 35.5. The number of anilines is 1. The fourth-order valence-corrected chi connectivity index (χ4v) is 4.17. The fraction of sp³-hybridized carbons (Fsp3) is 0.158. The molecule has 0 spiro atoms. The normalized spacial score (nSPS) is 11.0. The van der Waals surface area contributed by atoms with E-state index >= 15 is 0 Å². The second kappa shape index (κ2) is 8.81. The van der Waals surface area contributed by atoms with Crippen LogP contribution in [0.15, 0.2) is 52.1 Å². The summed E-state index contributed by atoms with van der Waals surface area (Å²) in [7, 11) is 0. The number of benzene rings is 2. The van der Waals surface area contributed by atoms with Gasteiger partial charge in [-0.15, -0.1) is 10.2 Å². The lowest BCUT2D eigenvalue weighted by atomic mass is 10.2. The van der Waals surface area contributed by atoms with E-state index in [1.807, 2.05) is 31.2 Å². The van der Waals surface area contributed by atoms with E-state index in [-0.39, 0.29) is 11.7 Å². The Kier molecular flexibility index (Phi) is 5.98. The first-order valence-corrected chi connectivity index (χ1v) is 10.8. The first-order valence-electron chi connectivity index (χ1n) is 8.66. The number of thioether (sulfide) groups is 1. The molecular weight excluding hydrogens is 432 g/mol. The van der Waals surface area contributed by atoms with E-state index < -0.39 is 0 Å². The zero-order chi connectivity index (χ0) is 20.2. The van der Waals surface area contributed by atoms with Gasteiger partial charge >= 0.3 is 0 Å². The van der Waals surface area contributed by atoms with Crippen molar-refractivity contribution in [3.63, 3.8) is 0 Å². The number of fused-ring (bicyclic) bond motifs is 1. The molecule has 4 aromatic rings. The molecule has 0 aliphatic carbocycles. The lowest BCUT2D eigenvalue weighted by Crippen LogP contribution is -2.13. The summed E-state index contributed by atoms with van der Waals surface area (Å²) >= 11 is 8.52. The van der Waals surface area contributed by atoms with Gasteiger partial charge in [-0.05, 0) is 43.3 Å². The lowest BCUT2D eigenvalue weighted by Gasteiger charge is -2.00. The molecule has 0 aliphatic heterocycles. The number of carbonyl (C=O) groups excluding carboxylic acids is 1. The number of nitrogens with one attached hydrogen (secondary N) is 1. The van der Waals surface area contributed by atoms with E-state index in [0.29, 0.717) is 27.9 Å². The highest BCUT2D eigenvalue weighted by molar-refractivity contribution is 7.99. The number of aromatic nitrogens is 3. The first-order chi connectivity index (χ1) is 14.1. The molecule has 4 rings (SSSR count). The van der Waals surface area contributed by atoms with E-state index in [1.165, 1.54) is 11.3 Å². The topological polar surface area (TPSA) is 90.1 Å². The number of amides is 1. The van der Waals surface area contributed by atoms with Crippen molar-refractivity contribution in [1.82, 2.24) is 15.2 Å². The second-order valence-corrected chi connectivity index (χ2v) is 8.20. The van der Waals surface area contributed by atoms with Crippen molar-refractivity contribution in [2.75, 3.05) is 17.7 Å². The maximum atomic E-state index is 12.3. The molecule has 2 aromatic heterocycles. The molecule has 1 amide bonds. The van der Waals surface area contributed by atoms with Crippen LogP contribution >= 0.6 is 34.7 Å². The van der Waals surface area contributed by atoms with Crippen LogP contribution in [0.3, 0.4) is 0 Å². The van der Waals surface area contributed by atoms with E-state index in [0.717, 1.165) is 33.3 Å². The summed E-state index contributed by atoms with van der Waals surface area (Å²) < 4.78 is 12.0. The SMILES string of the molecule is CCOc1ccc2nc(NC(=O)CSc3nnc(-c4cccc(Cl)c4)o3)sc2c1. The van der Waals surface area contributed by atoms with Crippen molar-refractivity contribution in [2.45, 2.75) is 12.1 Å². The van der Waals surface area contributed by atoms with Crippen LogP contribution in [0, 0.1) is 0 Å². The number of carbonyl (C=O) groups is 1. The van der Waals surface area contributed by atoms with Gasteiger partial charge in [0.05, 0.1) is 22.6 Å². The highest BCUT2D eigenvalue weighted by Crippen LogP contribution is 2.30. The van der Waals surface area contributed by atoms with Gasteiger partial charge in [0, 0.05) is 10.6 Å². The van der Waals surface area contributed by atoms with Crippen LogP contribution < -0.4 is 10.1 Å². The van der Waals surface area contributed by atoms with Crippen LogP contribution in [0.2, 0.25) is 5.02 Å². The maximum absolute atomic E-state index is 12.3. The fourth-order valence-electron chi connectivity index (χ4n) is 2.50. The van der Waals surface area contributed by atoms with Crippen LogP contribution in [-0.4, -0.2) is 33.4 Å². The summed E-state index contributed by atoms with van der Waals surface area (Å²) in [5, 5.41) is 12.2. The Morgan fingerprint density at radius 3 is 3.00 bits per heavy atom. The van der Waals surface area contributed by atoms with Gasteiger partial charge in [0.25, 0.3) is 5.22 Å². The number of thiazole rings is 1. The second-order valence-electron chi connectivity index (χ2n) is 5.80. The zero-order valence-electron chi connectivity index (χ0n) is 15.2. The van der Waals surface area contributed by atoms with E-state index in [2.05, 4.69) is 20.5 Å². The molecule has 0 radical (unpaired) electrons. The monoisotopic (exact) mass is 446 g/mol. The summed E-state index contributed by atoms with van der Waals surface area (Å²) in [4.78, 5) is 16.7. The Bertz CT molecular complexity index is 1160. The number of hydrogen-bond donors (Lipinski definition) is 1. The third kappa shape index (κ3) is 4.87. The molecular formula is C19H15ClN4O3S2. The predicted octanol–water partition coefficient (Wildman–Crippen LogP) is 5.13. The van der Waals surface area contributed by atoms with Gasteiger partial charge in [0.2, 0.25) is 11.8 Å². The molecule has 7 nitrogen and oxygen atoms in total. The first kappa shape index (κ1) is 19.7. The van der Waals surface area contributed by atoms with Crippen molar-refractivity contribution < 1.29 is 13.9 Å². The van der Waals surface area contributed by atoms with Gasteiger partial charge in [-0.1, -0.05) is 40.8 Å². The molecule has 0 saturated heterocycles. The lowest BCUT2D eigenvalue weighted by molar-refractivity contribution is -0.113. The number of rotatable bonds is 7. The molecule has 0 aliphatic rings. The largest absolute Gasteiger partial charge is 0.494 e. The van der Waals surface area contributed by atoms with Crippen molar-refractivity contribution in [3.8, 4) is 17.2 Å². The van der Waals surface area contributed by atoms with Crippen LogP contribution in [0.1, 0.15) is 6.92 Å². The van der Waals surface area contributed by atoms with Crippen molar-refractivity contribution in [2.24, 2.45) is 0 Å². The average molecular weight is 447 g/mol. The number of nitrogens with zero attached hydrogens (tertiary/aromatic N) is 3. The molecule has 0 saturated carbocycles. The van der Waals surface area contributed by atoms with Gasteiger partial charge in [-0.3, -0.25) is 4.79 Å². The molecule has 2 heterocycles. The summed E-state index contributed by atoms with van der Waals surface area (Å²) in [6.07, 6.45) is 0. The van der Waals surface area contributed by atoms with Crippen molar-refractivity contribution in [1.29, 1.82) is 0 Å². The average Bonchev–Trinajstić information content (AvgIpc) is 3.33. The van der Waals surface area contributed by atoms with Gasteiger partial charge in [-0.2, -0.15) is 0 Å². The third-order valence-corrected chi connectivity index (χ3v) is 5.71. The Labute approximate surface area is 179 Å². The molecule has 0 unspecified atom stereocenters. The summed E-state index contributed by atoms with van der Waals surface area (Å²) in [5.74, 6) is 1.05. The van der Waals surface area contributed by atoms with Crippen LogP contribution in [0.5, 0.6) is 5.75 Å². The molecule has 1 N–H and O–H groups in total. The molecule has 148 valence electrons. The summed E-state index contributed by atoms with van der Waals surface area (Å²) in [6, 6.07) is 12.8. The predicted molar refractivity (Wildman–Crippen MR) is 115 cm³/mol. The molecule has 0 bridgehead atoms. The van der Waals surface area contributed by atoms with E-state index in [1.54, 1.807) is 18.2 Å². The highest BCUT2D eigenvalue weighted by Gasteiger charge is 2.13. The van der Waals surface area contributed by atoms with Crippen LogP contribution in [-0.2, 0) is 4.79 Å². The number of halogens is 1. The Morgan fingerprint density at radius 2 is 2.17 bits per heavy atom. The third-order valence-electron chi connectivity index (χ3n) is 3.72. The zero-order valence-corrected chi connectivity index (χ0v) is 17.6. The van der Waals surface area contributed by atoms with E-state index in [9.17, 15) is 4.79 Å². The number of hydrogen-bond acceptors (Lipinski definition) is 8. The van der Waals surface area contributed by atoms with Crippen molar-refractivity contribution >= 4 is 56.0 Å². The Morgan fingerprint density at radius 1 is 1.28 bits per heavy atom. The van der Waals surface area contributed by atoms with Gasteiger partial charge < -0.3 is 14.5 Å². The minimum absolute atomic E-state index is 0.122. The van der Waals surface area contributed by atoms with Gasteiger partial charge in [-0.25, -0.2) is 4.98 Å². The summed E-state index contributed by atoms with van der Waals surface area (Å²) in [6.45, 7) is 2.53. The molecule has 2 aromatic carbocycles. The van der Waals surface area contributed by atoms with Gasteiger partial charge in [0.15, 0.2) is 5.13 Å². The smallest absolute Gasteiger partial charge is 0.277 e. The van der Waals surface area contributed by atoms with Crippen LogP contribution in [0.4, 0.5) is 5.13 Å². The standard InChI is InChI=1S/C19H15ClN4O3S2/c1-2-26-13-6-7-14-15(9-13)29-18(21-14)22-16(25)10-28-19-24-23-17(27-19)11-4-3-5-12(20)8-11/h3-9H,2,10H2,1H3,(H,21,22,25). The Balaban J connectivity index is 1.36. The van der Waals surface area contributed by atoms with Gasteiger partial charge in [0.1, 0.15) is 5.75 Å². The van der Waals surface area contributed by atoms with Crippen molar-refractivity contribution in [3.05, 3.63) is 47.5 Å². The molecule has 0 atom stereocenters. The maximum Gasteiger partial charge on any atom is 0.277 e. The minimum atomic E-state index is -0.207. The van der Waals surface area contributed by atoms with E-state index in [4.69, 9.17) is 20.8 Å². The van der Waals surface area contributed by atoms with Crippen LogP contribution in [0.25, 0.3) is 21.7 Å².